The van der Waals surface area contributed by atoms with Crippen molar-refractivity contribution < 1.29 is 27.5 Å². The van der Waals surface area contributed by atoms with Gasteiger partial charge in [0.25, 0.3) is 0 Å². The Bertz CT molecular complexity index is 676. The highest BCUT2D eigenvalue weighted by atomic mass is 19.4. The molecule has 1 aromatic carbocycles. The first-order valence-electron chi connectivity index (χ1n) is 8.86. The molecule has 2 rings (SSSR count). The van der Waals surface area contributed by atoms with Crippen LogP contribution >= 0.6 is 0 Å². The topological polar surface area (TPSA) is 58.6 Å². The molecule has 27 heavy (non-hydrogen) atoms. The van der Waals surface area contributed by atoms with Gasteiger partial charge in [-0.05, 0) is 45.7 Å². The number of alkyl carbamates (subject to hydrolysis) is 1. The number of ether oxygens (including phenoxy) is 1. The van der Waals surface area contributed by atoms with Crippen molar-refractivity contribution in [3.05, 3.63) is 35.4 Å². The molecular weight excluding hydrogens is 361 g/mol. The van der Waals surface area contributed by atoms with Gasteiger partial charge in [-0.3, -0.25) is 9.69 Å². The number of piperidine rings is 1. The van der Waals surface area contributed by atoms with E-state index in [0.29, 0.717) is 25.9 Å². The lowest BCUT2D eigenvalue weighted by molar-refractivity contribution is -0.137. The predicted molar refractivity (Wildman–Crippen MR) is 94.6 cm³/mol. The van der Waals surface area contributed by atoms with Crippen LogP contribution in [0.4, 0.5) is 18.0 Å². The standard InChI is InChI=1S/C19H25F3N2O3/c1-18(2,3)27-17(26)23-15-7-9-24(10-8-15)12-16(25)13-5-4-6-14(11-13)19(20,21)22/h4-6,11,15H,7-10,12H2,1-3H3,(H,23,26). The van der Waals surface area contributed by atoms with Gasteiger partial charge in [-0.2, -0.15) is 13.2 Å². The van der Waals surface area contributed by atoms with E-state index >= 15 is 0 Å². The van der Waals surface area contributed by atoms with Crippen LogP contribution in [0.5, 0.6) is 0 Å². The van der Waals surface area contributed by atoms with Crippen LogP contribution in [0.25, 0.3) is 0 Å². The van der Waals surface area contributed by atoms with Crippen molar-refractivity contribution in [2.24, 2.45) is 0 Å². The number of hydrogen-bond acceptors (Lipinski definition) is 4. The number of likely N-dealkylation sites (tertiary alicyclic amines) is 1. The minimum atomic E-state index is -4.47. The second-order valence-electron chi connectivity index (χ2n) is 7.70. The summed E-state index contributed by atoms with van der Waals surface area (Å²) in [5.74, 6) is -0.348. The number of amides is 1. The summed E-state index contributed by atoms with van der Waals surface area (Å²) in [6, 6.07) is 4.44. The maximum atomic E-state index is 12.8. The number of hydrogen-bond donors (Lipinski definition) is 1. The molecule has 8 heteroatoms. The molecule has 0 aliphatic carbocycles. The van der Waals surface area contributed by atoms with E-state index in [2.05, 4.69) is 5.32 Å². The molecule has 0 atom stereocenters. The molecule has 0 bridgehead atoms. The number of nitrogens with zero attached hydrogens (tertiary/aromatic N) is 1. The molecule has 1 aliphatic heterocycles. The van der Waals surface area contributed by atoms with Gasteiger partial charge in [0.1, 0.15) is 5.60 Å². The van der Waals surface area contributed by atoms with E-state index in [0.717, 1.165) is 12.1 Å². The summed E-state index contributed by atoms with van der Waals surface area (Å²) in [5.41, 5.74) is -1.34. The minimum Gasteiger partial charge on any atom is -0.444 e. The van der Waals surface area contributed by atoms with Gasteiger partial charge in [0.05, 0.1) is 12.1 Å². The fourth-order valence-corrected chi connectivity index (χ4v) is 2.87. The average molecular weight is 386 g/mol. The van der Waals surface area contributed by atoms with E-state index in [4.69, 9.17) is 4.74 Å². The number of rotatable bonds is 4. The highest BCUT2D eigenvalue weighted by Crippen LogP contribution is 2.29. The molecule has 0 radical (unpaired) electrons. The van der Waals surface area contributed by atoms with Gasteiger partial charge in [0.2, 0.25) is 0 Å². The Morgan fingerprint density at radius 3 is 2.37 bits per heavy atom. The lowest BCUT2D eigenvalue weighted by atomic mass is 10.0. The molecule has 0 unspecified atom stereocenters. The first kappa shape index (κ1) is 21.2. The molecule has 0 spiro atoms. The van der Waals surface area contributed by atoms with Crippen molar-refractivity contribution in [1.29, 1.82) is 0 Å². The molecule has 1 aromatic rings. The van der Waals surface area contributed by atoms with E-state index in [1.54, 1.807) is 20.8 Å². The Hall–Kier alpha value is -2.09. The highest BCUT2D eigenvalue weighted by molar-refractivity contribution is 5.97. The summed E-state index contributed by atoms with van der Waals surface area (Å²) < 4.78 is 43.5. The Kier molecular flexibility index (Phi) is 6.51. The summed E-state index contributed by atoms with van der Waals surface area (Å²) in [4.78, 5) is 26.0. The molecule has 1 amide bonds. The minimum absolute atomic E-state index is 0.0419. The predicted octanol–water partition coefficient (Wildman–Crippen LogP) is 3.88. The van der Waals surface area contributed by atoms with Crippen LogP contribution in [0.15, 0.2) is 24.3 Å². The normalized spacial score (nSPS) is 16.8. The lowest BCUT2D eigenvalue weighted by Gasteiger charge is -2.32. The number of carbonyl (C=O) groups excluding carboxylic acids is 2. The molecule has 150 valence electrons. The first-order valence-corrected chi connectivity index (χ1v) is 8.86. The molecule has 1 fully saturated rings. The maximum Gasteiger partial charge on any atom is 0.416 e. The zero-order chi connectivity index (χ0) is 20.2. The van der Waals surface area contributed by atoms with Crippen LogP contribution in [-0.4, -0.2) is 48.1 Å². The van der Waals surface area contributed by atoms with Gasteiger partial charge in [0.15, 0.2) is 5.78 Å². The van der Waals surface area contributed by atoms with E-state index in [1.807, 2.05) is 4.90 Å². The van der Waals surface area contributed by atoms with Crippen LogP contribution in [0.3, 0.4) is 0 Å². The molecule has 0 aromatic heterocycles. The van der Waals surface area contributed by atoms with Crippen LogP contribution in [0.1, 0.15) is 49.5 Å². The molecule has 0 saturated carbocycles. The zero-order valence-electron chi connectivity index (χ0n) is 15.7. The SMILES string of the molecule is CC(C)(C)OC(=O)NC1CCN(CC(=O)c2cccc(C(F)(F)F)c2)CC1. The zero-order valence-corrected chi connectivity index (χ0v) is 15.7. The fourth-order valence-electron chi connectivity index (χ4n) is 2.87. The lowest BCUT2D eigenvalue weighted by Crippen LogP contribution is -2.47. The molecule has 1 aliphatic rings. The quantitative estimate of drug-likeness (QED) is 0.798. The number of carbonyl (C=O) groups is 2. The summed E-state index contributed by atoms with van der Waals surface area (Å²) >= 11 is 0. The monoisotopic (exact) mass is 386 g/mol. The van der Waals surface area contributed by atoms with Gasteiger partial charge in [0, 0.05) is 24.7 Å². The number of alkyl halides is 3. The first-order chi connectivity index (χ1) is 12.4. The summed E-state index contributed by atoms with van der Waals surface area (Å²) in [6.45, 7) is 6.56. The average Bonchev–Trinajstić information content (AvgIpc) is 2.54. The molecule has 1 N–H and O–H groups in total. The van der Waals surface area contributed by atoms with Gasteiger partial charge in [-0.25, -0.2) is 4.79 Å². The van der Waals surface area contributed by atoms with Crippen molar-refractivity contribution >= 4 is 11.9 Å². The fraction of sp³-hybridized carbons (Fsp3) is 0.579. The van der Waals surface area contributed by atoms with Gasteiger partial charge in [-0.1, -0.05) is 12.1 Å². The second kappa shape index (κ2) is 8.29. The van der Waals surface area contributed by atoms with Gasteiger partial charge in [-0.15, -0.1) is 0 Å². The van der Waals surface area contributed by atoms with Crippen molar-refractivity contribution in [1.82, 2.24) is 10.2 Å². The molecule has 1 saturated heterocycles. The van der Waals surface area contributed by atoms with Crippen molar-refractivity contribution in [3.8, 4) is 0 Å². The van der Waals surface area contributed by atoms with Crippen LogP contribution < -0.4 is 5.32 Å². The number of Topliss-reactive ketones (excluding diaryl/α,β-unsaturated/α-hetero) is 1. The highest BCUT2D eigenvalue weighted by Gasteiger charge is 2.31. The Labute approximate surface area is 156 Å². The van der Waals surface area contributed by atoms with E-state index in [1.165, 1.54) is 12.1 Å². The number of nitrogens with one attached hydrogen (secondary N) is 1. The second-order valence-corrected chi connectivity index (χ2v) is 7.70. The Balaban J connectivity index is 1.83. The van der Waals surface area contributed by atoms with E-state index in [-0.39, 0.29) is 23.9 Å². The maximum absolute atomic E-state index is 12.8. The Morgan fingerprint density at radius 2 is 1.81 bits per heavy atom. The smallest absolute Gasteiger partial charge is 0.416 e. The number of benzene rings is 1. The van der Waals surface area contributed by atoms with Crippen molar-refractivity contribution in [2.75, 3.05) is 19.6 Å². The molecule has 5 nitrogen and oxygen atoms in total. The van der Waals surface area contributed by atoms with Crippen LogP contribution in [0, 0.1) is 0 Å². The summed E-state index contributed by atoms with van der Waals surface area (Å²) in [6.07, 6.45) is -3.65. The number of ketones is 1. The van der Waals surface area contributed by atoms with E-state index < -0.39 is 23.4 Å². The van der Waals surface area contributed by atoms with Crippen LogP contribution in [0.2, 0.25) is 0 Å². The summed E-state index contributed by atoms with van der Waals surface area (Å²) in [5, 5.41) is 2.81. The van der Waals surface area contributed by atoms with E-state index in [9.17, 15) is 22.8 Å². The molecular formula is C19H25F3N2O3. The molecule has 1 heterocycles. The largest absolute Gasteiger partial charge is 0.444 e. The summed E-state index contributed by atoms with van der Waals surface area (Å²) in [7, 11) is 0. The number of halogens is 3. The van der Waals surface area contributed by atoms with Crippen molar-refractivity contribution in [2.45, 2.75) is 51.4 Å². The van der Waals surface area contributed by atoms with Crippen LogP contribution in [-0.2, 0) is 10.9 Å². The van der Waals surface area contributed by atoms with Gasteiger partial charge >= 0.3 is 12.3 Å². The van der Waals surface area contributed by atoms with Gasteiger partial charge < -0.3 is 10.1 Å². The third kappa shape index (κ3) is 6.86. The third-order valence-electron chi connectivity index (χ3n) is 4.19. The van der Waals surface area contributed by atoms with Crippen molar-refractivity contribution in [3.63, 3.8) is 0 Å². The Morgan fingerprint density at radius 1 is 1.19 bits per heavy atom. The third-order valence-corrected chi connectivity index (χ3v) is 4.19.